The molecule has 0 radical (unpaired) electrons. The Bertz CT molecular complexity index is 322. The van der Waals surface area contributed by atoms with Gasteiger partial charge in [0.1, 0.15) is 12.3 Å². The summed E-state index contributed by atoms with van der Waals surface area (Å²) in [4.78, 5) is 0. The van der Waals surface area contributed by atoms with E-state index in [4.69, 9.17) is 4.42 Å². The van der Waals surface area contributed by atoms with Gasteiger partial charge in [-0.1, -0.05) is 35.9 Å². The molecule has 1 aromatic heterocycles. The Morgan fingerprint density at radius 1 is 0.933 bits per heavy atom. The van der Waals surface area contributed by atoms with Gasteiger partial charge in [0.05, 0.1) is 6.26 Å². The van der Waals surface area contributed by atoms with Gasteiger partial charge in [0.15, 0.2) is 6.58 Å². The number of benzene rings is 1. The van der Waals surface area contributed by atoms with Crippen LogP contribution in [0, 0.1) is 20.4 Å². The molecule has 0 saturated heterocycles. The Balaban J connectivity index is 0.000000227. The molecule has 1 nitrogen and oxygen atoms in total. The van der Waals surface area contributed by atoms with E-state index in [1.807, 2.05) is 37.3 Å². The summed E-state index contributed by atoms with van der Waals surface area (Å²) in [5.41, 5.74) is 1.32. The summed E-state index contributed by atoms with van der Waals surface area (Å²) < 4.78 is 4.83. The van der Waals surface area contributed by atoms with Crippen molar-refractivity contribution in [1.82, 2.24) is 0 Å². The van der Waals surface area contributed by atoms with E-state index >= 15 is 0 Å². The monoisotopic (exact) mass is 201 g/mol. The maximum atomic E-state index is 4.83. The highest BCUT2D eigenvalue weighted by molar-refractivity contribution is 5.11. The van der Waals surface area contributed by atoms with Crippen LogP contribution < -0.4 is 0 Å². The van der Waals surface area contributed by atoms with Crippen molar-refractivity contribution in [1.29, 1.82) is 0 Å². The van der Waals surface area contributed by atoms with Crippen LogP contribution >= 0.6 is 0 Å². The van der Waals surface area contributed by atoms with Crippen LogP contribution in [0.2, 0.25) is 0 Å². The number of aryl methyl sites for hydroxylation is 2. The van der Waals surface area contributed by atoms with E-state index < -0.39 is 0 Å². The van der Waals surface area contributed by atoms with Gasteiger partial charge >= 0.3 is 0 Å². The van der Waals surface area contributed by atoms with E-state index in [0.29, 0.717) is 0 Å². The lowest BCUT2D eigenvalue weighted by Gasteiger charge is -1.82. The Hall–Kier alpha value is -1.85. The average Bonchev–Trinajstić information content (AvgIpc) is 2.74. The first-order chi connectivity index (χ1) is 7.29. The molecule has 0 spiro atoms. The summed E-state index contributed by atoms with van der Waals surface area (Å²) in [6.45, 7) is 11.0. The van der Waals surface area contributed by atoms with Crippen molar-refractivity contribution in [2.45, 2.75) is 13.8 Å². The van der Waals surface area contributed by atoms with Crippen LogP contribution in [-0.2, 0) is 0 Å². The summed E-state index contributed by atoms with van der Waals surface area (Å²) in [6.07, 6.45) is 1.66. The van der Waals surface area contributed by atoms with Crippen LogP contribution in [0.25, 0.3) is 0 Å². The van der Waals surface area contributed by atoms with Gasteiger partial charge in [-0.2, -0.15) is 0 Å². The molecule has 2 aromatic rings. The lowest BCUT2D eigenvalue weighted by Crippen LogP contribution is -1.62. The molecule has 2 rings (SSSR count). The molecule has 1 aromatic carbocycles. The van der Waals surface area contributed by atoms with Crippen molar-refractivity contribution in [2.75, 3.05) is 0 Å². The Labute approximate surface area is 92.1 Å². The standard InChI is InChI=1S/C7H8.C5H6O.C2H3/c1-7-5-3-2-4-6-7;1-5-3-2-4-6-5;1-2/h2-6H,1H3;2-4H,1H3;1H,2H2/q;;+1. The smallest absolute Gasteiger partial charge is 0.198 e. The zero-order chi connectivity index (χ0) is 11.5. The van der Waals surface area contributed by atoms with Gasteiger partial charge in [-0.3, -0.25) is 0 Å². The lowest BCUT2D eigenvalue weighted by molar-refractivity contribution is 0.534. The fourth-order valence-corrected chi connectivity index (χ4v) is 0.895. The van der Waals surface area contributed by atoms with Crippen LogP contribution in [0.5, 0.6) is 0 Å². The molecule has 0 atom stereocenters. The molecule has 0 fully saturated rings. The highest BCUT2D eigenvalue weighted by atomic mass is 16.3. The predicted molar refractivity (Wildman–Crippen MR) is 64.6 cm³/mol. The zero-order valence-electron chi connectivity index (χ0n) is 9.31. The van der Waals surface area contributed by atoms with Crippen molar-refractivity contribution in [3.8, 4) is 0 Å². The van der Waals surface area contributed by atoms with Gasteiger partial charge in [-0.05, 0) is 26.0 Å². The van der Waals surface area contributed by atoms with E-state index in [1.54, 1.807) is 6.26 Å². The van der Waals surface area contributed by atoms with E-state index in [-0.39, 0.29) is 0 Å². The first-order valence-electron chi connectivity index (χ1n) is 4.71. The lowest BCUT2D eigenvalue weighted by atomic mass is 10.2. The van der Waals surface area contributed by atoms with Gasteiger partial charge in [-0.25, -0.2) is 0 Å². The molecular formula is C14H17O+. The summed E-state index contributed by atoms with van der Waals surface area (Å²) in [5, 5.41) is 0. The van der Waals surface area contributed by atoms with Crippen LogP contribution in [0.15, 0.2) is 59.7 Å². The van der Waals surface area contributed by atoms with Crippen LogP contribution in [0.1, 0.15) is 11.3 Å². The Morgan fingerprint density at radius 3 is 1.73 bits per heavy atom. The van der Waals surface area contributed by atoms with Gasteiger partial charge in [-0.15, -0.1) is 0 Å². The number of hydrogen-bond donors (Lipinski definition) is 0. The molecule has 78 valence electrons. The third-order valence-corrected chi connectivity index (χ3v) is 1.60. The zero-order valence-corrected chi connectivity index (χ0v) is 9.31. The summed E-state index contributed by atoms with van der Waals surface area (Å²) in [6, 6.07) is 14.0. The second-order valence-corrected chi connectivity index (χ2v) is 2.88. The molecule has 0 N–H and O–H groups in total. The van der Waals surface area contributed by atoms with Crippen LogP contribution in [0.4, 0.5) is 0 Å². The highest BCUT2D eigenvalue weighted by Gasteiger charge is 1.76. The fraction of sp³-hybridized carbons (Fsp3) is 0.143. The van der Waals surface area contributed by atoms with Crippen LogP contribution in [-0.4, -0.2) is 0 Å². The number of hydrogen-bond acceptors (Lipinski definition) is 1. The van der Waals surface area contributed by atoms with Crippen molar-refractivity contribution in [2.24, 2.45) is 0 Å². The first-order valence-corrected chi connectivity index (χ1v) is 4.71. The van der Waals surface area contributed by atoms with Crippen molar-refractivity contribution in [3.05, 3.63) is 73.2 Å². The quantitative estimate of drug-likeness (QED) is 0.582. The normalized spacial score (nSPS) is 7.80. The third-order valence-electron chi connectivity index (χ3n) is 1.60. The average molecular weight is 201 g/mol. The largest absolute Gasteiger partial charge is 0.470 e. The molecule has 0 saturated carbocycles. The minimum absolute atomic E-state index is 0.968. The second kappa shape index (κ2) is 8.74. The molecule has 0 amide bonds. The molecule has 0 aliphatic rings. The van der Waals surface area contributed by atoms with Gasteiger partial charge in [0.2, 0.25) is 0 Å². The minimum Gasteiger partial charge on any atom is -0.470 e. The topological polar surface area (TPSA) is 13.1 Å². The molecule has 0 aliphatic carbocycles. The second-order valence-electron chi connectivity index (χ2n) is 2.88. The molecule has 0 aliphatic heterocycles. The van der Waals surface area contributed by atoms with Crippen molar-refractivity contribution in [3.63, 3.8) is 0 Å². The molecule has 15 heavy (non-hydrogen) atoms. The Kier molecular flexibility index (Phi) is 7.66. The molecule has 1 heterocycles. The Morgan fingerprint density at radius 2 is 1.53 bits per heavy atom. The van der Waals surface area contributed by atoms with E-state index in [2.05, 4.69) is 32.2 Å². The number of rotatable bonds is 0. The molecule has 0 unspecified atom stereocenters. The number of furan rings is 1. The predicted octanol–water partition coefficient (Wildman–Crippen LogP) is 4.19. The molecule has 1 heteroatoms. The summed E-state index contributed by atoms with van der Waals surface area (Å²) >= 11 is 0. The fourth-order valence-electron chi connectivity index (χ4n) is 0.895. The maximum Gasteiger partial charge on any atom is 0.198 e. The van der Waals surface area contributed by atoms with Crippen molar-refractivity contribution < 1.29 is 4.42 Å². The van der Waals surface area contributed by atoms with Crippen molar-refractivity contribution >= 4 is 0 Å². The van der Waals surface area contributed by atoms with Gasteiger partial charge in [0.25, 0.3) is 0 Å². The summed E-state index contributed by atoms with van der Waals surface area (Å²) in [5.74, 6) is 0.968. The van der Waals surface area contributed by atoms with E-state index in [9.17, 15) is 0 Å². The van der Waals surface area contributed by atoms with Crippen LogP contribution in [0.3, 0.4) is 0 Å². The van der Waals surface area contributed by atoms with E-state index in [0.717, 1.165) is 5.76 Å². The highest BCUT2D eigenvalue weighted by Crippen LogP contribution is 1.93. The van der Waals surface area contributed by atoms with E-state index in [1.165, 1.54) is 5.56 Å². The third kappa shape index (κ3) is 7.24. The minimum atomic E-state index is 0.968. The molecular weight excluding hydrogens is 184 g/mol. The SMILES string of the molecule is Cc1ccccc1.Cc1ccco1.[CH+]=C. The van der Waals surface area contributed by atoms with Gasteiger partial charge < -0.3 is 4.42 Å². The molecule has 0 bridgehead atoms. The van der Waals surface area contributed by atoms with Gasteiger partial charge in [0, 0.05) is 0 Å². The maximum absolute atomic E-state index is 4.83. The first kappa shape index (κ1) is 13.2. The summed E-state index contributed by atoms with van der Waals surface area (Å²) in [7, 11) is 0.